The lowest BCUT2D eigenvalue weighted by atomic mass is 10.3. The second-order valence-corrected chi connectivity index (χ2v) is 5.42. The van der Waals surface area contributed by atoms with Crippen LogP contribution in [0, 0.1) is 0 Å². The predicted octanol–water partition coefficient (Wildman–Crippen LogP) is 2.77. The number of benzene rings is 1. The first kappa shape index (κ1) is 14.6. The molecular weight excluding hydrogens is 304 g/mol. The van der Waals surface area contributed by atoms with Crippen LogP contribution in [0.25, 0.3) is 0 Å². The highest BCUT2D eigenvalue weighted by Crippen LogP contribution is 2.29. The highest BCUT2D eigenvalue weighted by atomic mass is 35.5. The molecule has 1 amide bonds. The maximum Gasteiger partial charge on any atom is 0.270 e. The molecule has 6 nitrogen and oxygen atoms in total. The smallest absolute Gasteiger partial charge is 0.270 e. The molecule has 1 aromatic heterocycles. The van der Waals surface area contributed by atoms with Gasteiger partial charge in [-0.15, -0.1) is 0 Å². The SMILES string of the molecule is COc1ccc(Cl)cc1Nc1nccc(C(=O)NC2CC2)n1. The maximum absolute atomic E-state index is 12.0. The molecule has 0 aliphatic heterocycles. The van der Waals surface area contributed by atoms with Crippen molar-refractivity contribution in [2.75, 3.05) is 12.4 Å². The van der Waals surface area contributed by atoms with E-state index in [2.05, 4.69) is 20.6 Å². The summed E-state index contributed by atoms with van der Waals surface area (Å²) in [6.07, 6.45) is 3.59. The number of halogens is 1. The topological polar surface area (TPSA) is 76.1 Å². The maximum atomic E-state index is 12.0. The van der Waals surface area contributed by atoms with Gasteiger partial charge in [-0.1, -0.05) is 11.6 Å². The molecule has 2 aromatic rings. The molecule has 0 atom stereocenters. The Morgan fingerprint density at radius 3 is 2.91 bits per heavy atom. The quantitative estimate of drug-likeness (QED) is 0.886. The van der Waals surface area contributed by atoms with E-state index in [-0.39, 0.29) is 11.9 Å². The molecule has 2 N–H and O–H groups in total. The van der Waals surface area contributed by atoms with E-state index in [4.69, 9.17) is 16.3 Å². The highest BCUT2D eigenvalue weighted by molar-refractivity contribution is 6.31. The van der Waals surface area contributed by atoms with Gasteiger partial charge in [-0.05, 0) is 37.1 Å². The number of aromatic nitrogens is 2. The Morgan fingerprint density at radius 2 is 2.18 bits per heavy atom. The van der Waals surface area contributed by atoms with Gasteiger partial charge in [-0.3, -0.25) is 4.79 Å². The van der Waals surface area contributed by atoms with Crippen LogP contribution in [0.15, 0.2) is 30.5 Å². The van der Waals surface area contributed by atoms with Crippen molar-refractivity contribution in [2.45, 2.75) is 18.9 Å². The van der Waals surface area contributed by atoms with Crippen LogP contribution in [-0.2, 0) is 0 Å². The number of hydrogen-bond donors (Lipinski definition) is 2. The van der Waals surface area contributed by atoms with Gasteiger partial charge in [0, 0.05) is 17.3 Å². The van der Waals surface area contributed by atoms with Gasteiger partial charge in [0.25, 0.3) is 5.91 Å². The van der Waals surface area contributed by atoms with Crippen molar-refractivity contribution in [3.05, 3.63) is 41.2 Å². The van der Waals surface area contributed by atoms with Crippen molar-refractivity contribution >= 4 is 29.1 Å². The second kappa shape index (κ2) is 6.19. The molecule has 3 rings (SSSR count). The van der Waals surface area contributed by atoms with Gasteiger partial charge in [-0.2, -0.15) is 0 Å². The summed E-state index contributed by atoms with van der Waals surface area (Å²) < 4.78 is 5.26. The van der Waals surface area contributed by atoms with Crippen molar-refractivity contribution in [1.29, 1.82) is 0 Å². The molecule has 1 fully saturated rings. The summed E-state index contributed by atoms with van der Waals surface area (Å²) >= 11 is 5.99. The van der Waals surface area contributed by atoms with Gasteiger partial charge in [0.05, 0.1) is 12.8 Å². The molecule has 7 heteroatoms. The fraction of sp³-hybridized carbons (Fsp3) is 0.267. The number of anilines is 2. The number of carbonyl (C=O) groups excluding carboxylic acids is 1. The lowest BCUT2D eigenvalue weighted by Gasteiger charge is -2.11. The third-order valence-electron chi connectivity index (χ3n) is 3.21. The molecule has 114 valence electrons. The summed E-state index contributed by atoms with van der Waals surface area (Å²) in [5.41, 5.74) is 0.958. The first-order valence-electron chi connectivity index (χ1n) is 6.90. The number of ether oxygens (including phenoxy) is 1. The Morgan fingerprint density at radius 1 is 1.36 bits per heavy atom. The van der Waals surface area contributed by atoms with E-state index < -0.39 is 0 Å². The molecule has 1 heterocycles. The fourth-order valence-electron chi connectivity index (χ4n) is 1.93. The van der Waals surface area contributed by atoms with Crippen molar-refractivity contribution in [3.8, 4) is 5.75 Å². The number of nitrogens with zero attached hydrogens (tertiary/aromatic N) is 2. The van der Waals surface area contributed by atoms with Crippen molar-refractivity contribution in [1.82, 2.24) is 15.3 Å². The van der Waals surface area contributed by atoms with Gasteiger partial charge < -0.3 is 15.4 Å². The summed E-state index contributed by atoms with van der Waals surface area (Å²) in [5.74, 6) is 0.732. The first-order valence-corrected chi connectivity index (χ1v) is 7.28. The van der Waals surface area contributed by atoms with E-state index >= 15 is 0 Å². The standard InChI is InChI=1S/C15H15ClN4O2/c1-22-13-5-2-9(16)8-12(13)20-15-17-7-6-11(19-15)14(21)18-10-3-4-10/h2,5-8,10H,3-4H2,1H3,(H,18,21)(H,17,19,20). The molecule has 1 saturated carbocycles. The van der Waals surface area contributed by atoms with Gasteiger partial charge in [0.2, 0.25) is 5.95 Å². The Bertz CT molecular complexity index is 704. The monoisotopic (exact) mass is 318 g/mol. The molecule has 0 spiro atoms. The zero-order valence-electron chi connectivity index (χ0n) is 12.0. The Hall–Kier alpha value is -2.34. The zero-order chi connectivity index (χ0) is 15.5. The molecule has 22 heavy (non-hydrogen) atoms. The fourth-order valence-corrected chi connectivity index (χ4v) is 2.10. The van der Waals surface area contributed by atoms with Crippen LogP contribution < -0.4 is 15.4 Å². The third-order valence-corrected chi connectivity index (χ3v) is 3.44. The normalized spacial score (nSPS) is 13.5. The van der Waals surface area contributed by atoms with E-state index in [1.54, 1.807) is 31.4 Å². The van der Waals surface area contributed by atoms with Crippen LogP contribution in [-0.4, -0.2) is 29.0 Å². The Kier molecular flexibility index (Phi) is 4.11. The molecule has 0 bridgehead atoms. The van der Waals surface area contributed by atoms with Gasteiger partial charge >= 0.3 is 0 Å². The molecule has 1 aliphatic carbocycles. The Labute approximate surface area is 132 Å². The lowest BCUT2D eigenvalue weighted by Crippen LogP contribution is -2.26. The lowest BCUT2D eigenvalue weighted by molar-refractivity contribution is 0.0946. The first-order chi connectivity index (χ1) is 10.7. The van der Waals surface area contributed by atoms with Crippen LogP contribution in [0.2, 0.25) is 5.02 Å². The Balaban J connectivity index is 1.80. The summed E-state index contributed by atoms with van der Waals surface area (Å²) in [5, 5.41) is 6.47. The van der Waals surface area contributed by atoms with Crippen LogP contribution >= 0.6 is 11.6 Å². The number of carbonyl (C=O) groups is 1. The zero-order valence-corrected chi connectivity index (χ0v) is 12.7. The van der Waals surface area contributed by atoms with E-state index in [1.807, 2.05) is 0 Å². The molecule has 1 aliphatic rings. The summed E-state index contributed by atoms with van der Waals surface area (Å²) in [6.45, 7) is 0. The number of amides is 1. The number of methoxy groups -OCH3 is 1. The van der Waals surface area contributed by atoms with Crippen LogP contribution in [0.4, 0.5) is 11.6 Å². The minimum absolute atomic E-state index is 0.189. The van der Waals surface area contributed by atoms with E-state index in [0.29, 0.717) is 28.1 Å². The van der Waals surface area contributed by atoms with Gasteiger partial charge in [-0.25, -0.2) is 9.97 Å². The van der Waals surface area contributed by atoms with E-state index in [9.17, 15) is 4.79 Å². The summed E-state index contributed by atoms with van der Waals surface area (Å²) in [7, 11) is 1.56. The number of nitrogens with one attached hydrogen (secondary N) is 2. The number of rotatable bonds is 5. The van der Waals surface area contributed by atoms with Gasteiger partial charge in [0.1, 0.15) is 11.4 Å². The van der Waals surface area contributed by atoms with E-state index in [0.717, 1.165) is 12.8 Å². The van der Waals surface area contributed by atoms with Crippen molar-refractivity contribution in [2.24, 2.45) is 0 Å². The molecular formula is C15H15ClN4O2. The van der Waals surface area contributed by atoms with Crippen molar-refractivity contribution in [3.63, 3.8) is 0 Å². The molecule has 1 aromatic carbocycles. The molecule has 0 saturated heterocycles. The van der Waals surface area contributed by atoms with Crippen LogP contribution in [0.5, 0.6) is 5.75 Å². The average molecular weight is 319 g/mol. The molecule has 0 radical (unpaired) electrons. The van der Waals surface area contributed by atoms with Crippen LogP contribution in [0.1, 0.15) is 23.3 Å². The van der Waals surface area contributed by atoms with Crippen molar-refractivity contribution < 1.29 is 9.53 Å². The predicted molar refractivity (Wildman–Crippen MR) is 83.8 cm³/mol. The highest BCUT2D eigenvalue weighted by Gasteiger charge is 2.24. The minimum atomic E-state index is -0.189. The largest absolute Gasteiger partial charge is 0.495 e. The van der Waals surface area contributed by atoms with E-state index in [1.165, 1.54) is 6.20 Å². The molecule has 0 unspecified atom stereocenters. The summed E-state index contributed by atoms with van der Waals surface area (Å²) in [6, 6.07) is 7.05. The minimum Gasteiger partial charge on any atom is -0.495 e. The second-order valence-electron chi connectivity index (χ2n) is 4.98. The third kappa shape index (κ3) is 3.46. The number of hydrogen-bond acceptors (Lipinski definition) is 5. The average Bonchev–Trinajstić information content (AvgIpc) is 3.32. The van der Waals surface area contributed by atoms with Gasteiger partial charge in [0.15, 0.2) is 0 Å². The van der Waals surface area contributed by atoms with Crippen LogP contribution in [0.3, 0.4) is 0 Å². The summed E-state index contributed by atoms with van der Waals surface area (Å²) in [4.78, 5) is 20.3.